The van der Waals surface area contributed by atoms with E-state index in [1.54, 1.807) is 0 Å². The number of β-amino-alcohol motifs (C(OH)–C–C–N with tert-alkyl or cyclic N) is 1. The molecule has 1 aliphatic heterocycles. The third-order valence-electron chi connectivity index (χ3n) is 3.80. The molecule has 1 unspecified atom stereocenters. The van der Waals surface area contributed by atoms with Gasteiger partial charge in [0, 0.05) is 25.2 Å². The van der Waals surface area contributed by atoms with Crippen LogP contribution in [-0.4, -0.2) is 21.7 Å². The molecule has 0 spiro atoms. The van der Waals surface area contributed by atoms with E-state index in [0.29, 0.717) is 6.54 Å². The van der Waals surface area contributed by atoms with Crippen LogP contribution in [0.15, 0.2) is 28.8 Å². The normalized spacial score (nSPS) is 19.4. The van der Waals surface area contributed by atoms with Gasteiger partial charge in [0.2, 0.25) is 0 Å². The Morgan fingerprint density at radius 1 is 1.37 bits per heavy atom. The molecule has 0 amide bonds. The molecule has 0 fully saturated rings. The van der Waals surface area contributed by atoms with Crippen molar-refractivity contribution in [2.45, 2.75) is 33.0 Å². The highest BCUT2D eigenvalue weighted by Crippen LogP contribution is 2.28. The fourth-order valence-corrected chi connectivity index (χ4v) is 2.72. The Morgan fingerprint density at radius 2 is 2.16 bits per heavy atom. The van der Waals surface area contributed by atoms with Gasteiger partial charge in [-0.2, -0.15) is 0 Å². The largest absolute Gasteiger partial charge is 0.387 e. The van der Waals surface area contributed by atoms with Crippen molar-refractivity contribution in [1.29, 1.82) is 0 Å². The van der Waals surface area contributed by atoms with Crippen molar-refractivity contribution in [3.05, 3.63) is 52.4 Å². The zero-order chi connectivity index (χ0) is 13.4. The van der Waals surface area contributed by atoms with E-state index < -0.39 is 6.10 Å². The number of nitrogens with zero attached hydrogens (tertiary/aromatic N) is 2. The number of aryl methyl sites for hydroxylation is 2. The summed E-state index contributed by atoms with van der Waals surface area (Å²) < 4.78 is 5.19. The maximum atomic E-state index is 10.2. The molecule has 0 saturated carbocycles. The quantitative estimate of drug-likeness (QED) is 0.898. The van der Waals surface area contributed by atoms with E-state index in [9.17, 15) is 5.11 Å². The van der Waals surface area contributed by atoms with Gasteiger partial charge < -0.3 is 9.63 Å². The highest BCUT2D eigenvalue weighted by Gasteiger charge is 2.24. The molecule has 1 N–H and O–H groups in total. The first-order valence-electron chi connectivity index (χ1n) is 6.55. The molecular weight excluding hydrogens is 240 g/mol. The van der Waals surface area contributed by atoms with Gasteiger partial charge in [0.05, 0.1) is 11.8 Å². The molecule has 100 valence electrons. The predicted octanol–water partition coefficient (Wildman–Crippen LogP) is 2.34. The van der Waals surface area contributed by atoms with Gasteiger partial charge in [-0.05, 0) is 25.0 Å². The van der Waals surface area contributed by atoms with Crippen molar-refractivity contribution in [3.63, 3.8) is 0 Å². The average Bonchev–Trinajstić information content (AvgIpc) is 2.71. The van der Waals surface area contributed by atoms with Crippen LogP contribution in [0.25, 0.3) is 0 Å². The number of rotatable bonds is 2. The summed E-state index contributed by atoms with van der Waals surface area (Å²) in [5.74, 6) is 0.867. The molecule has 1 aromatic heterocycles. The second-order valence-corrected chi connectivity index (χ2v) is 5.19. The molecule has 3 rings (SSSR count). The Kier molecular flexibility index (Phi) is 3.12. The minimum Gasteiger partial charge on any atom is -0.387 e. The molecular formula is C15H18N2O2. The Balaban J connectivity index is 1.82. The van der Waals surface area contributed by atoms with Gasteiger partial charge in [-0.3, -0.25) is 4.90 Å². The van der Waals surface area contributed by atoms with Gasteiger partial charge in [0.1, 0.15) is 5.76 Å². The molecule has 1 aromatic carbocycles. The molecule has 0 aliphatic carbocycles. The second-order valence-electron chi connectivity index (χ2n) is 5.19. The van der Waals surface area contributed by atoms with E-state index in [1.165, 1.54) is 5.56 Å². The smallest absolute Gasteiger partial charge is 0.138 e. The van der Waals surface area contributed by atoms with Crippen LogP contribution in [-0.2, 0) is 13.1 Å². The first-order valence-corrected chi connectivity index (χ1v) is 6.55. The molecule has 1 atom stereocenters. The van der Waals surface area contributed by atoms with Crippen LogP contribution in [0.3, 0.4) is 0 Å². The molecule has 19 heavy (non-hydrogen) atoms. The minimum absolute atomic E-state index is 0.412. The highest BCUT2D eigenvalue weighted by atomic mass is 16.5. The van der Waals surface area contributed by atoms with E-state index in [2.05, 4.69) is 16.1 Å². The van der Waals surface area contributed by atoms with Crippen molar-refractivity contribution < 1.29 is 9.63 Å². The van der Waals surface area contributed by atoms with Crippen LogP contribution >= 0.6 is 0 Å². The van der Waals surface area contributed by atoms with Crippen molar-refractivity contribution in [3.8, 4) is 0 Å². The van der Waals surface area contributed by atoms with E-state index >= 15 is 0 Å². The fourth-order valence-electron chi connectivity index (χ4n) is 2.72. The lowest BCUT2D eigenvalue weighted by Gasteiger charge is -2.32. The van der Waals surface area contributed by atoms with Crippen LogP contribution in [0.1, 0.15) is 34.2 Å². The Morgan fingerprint density at radius 3 is 2.89 bits per heavy atom. The highest BCUT2D eigenvalue weighted by molar-refractivity contribution is 5.31. The second kappa shape index (κ2) is 4.79. The number of fused-ring (bicyclic) bond motifs is 1. The summed E-state index contributed by atoms with van der Waals surface area (Å²) >= 11 is 0. The maximum absolute atomic E-state index is 10.2. The number of aliphatic hydroxyl groups excluding tert-OH is 1. The van der Waals surface area contributed by atoms with Crippen LogP contribution < -0.4 is 0 Å². The lowest BCUT2D eigenvalue weighted by molar-refractivity contribution is 0.0878. The number of aliphatic hydroxyl groups is 1. The molecule has 2 heterocycles. The summed E-state index contributed by atoms with van der Waals surface area (Å²) in [4.78, 5) is 2.24. The van der Waals surface area contributed by atoms with Crippen molar-refractivity contribution in [2.75, 3.05) is 6.54 Å². The summed E-state index contributed by atoms with van der Waals surface area (Å²) in [5.41, 5.74) is 4.32. The standard InChI is InChI=1S/C15H18N2O2/c1-10-14(11(2)19-16-10)8-17-7-12-5-3-4-6-13(12)15(18)9-17/h3-6,15,18H,7-9H2,1-2H3. The molecule has 0 radical (unpaired) electrons. The predicted molar refractivity (Wildman–Crippen MR) is 71.5 cm³/mol. The van der Waals surface area contributed by atoms with Gasteiger partial charge in [-0.1, -0.05) is 29.4 Å². The topological polar surface area (TPSA) is 49.5 Å². The third kappa shape index (κ3) is 2.29. The number of benzene rings is 1. The number of hydrogen-bond donors (Lipinski definition) is 1. The maximum Gasteiger partial charge on any atom is 0.138 e. The number of aromatic nitrogens is 1. The molecule has 0 bridgehead atoms. The van der Waals surface area contributed by atoms with Crippen molar-refractivity contribution in [2.24, 2.45) is 0 Å². The summed E-state index contributed by atoms with van der Waals surface area (Å²) in [7, 11) is 0. The molecule has 1 aliphatic rings. The van der Waals surface area contributed by atoms with Gasteiger partial charge in [0.25, 0.3) is 0 Å². The zero-order valence-corrected chi connectivity index (χ0v) is 11.3. The summed E-state index contributed by atoms with van der Waals surface area (Å²) in [6, 6.07) is 8.09. The Hall–Kier alpha value is -1.65. The van der Waals surface area contributed by atoms with Gasteiger partial charge in [-0.15, -0.1) is 0 Å². The SMILES string of the molecule is Cc1noc(C)c1CN1Cc2ccccc2C(O)C1. The summed E-state index contributed by atoms with van der Waals surface area (Å²) in [5, 5.41) is 14.2. The van der Waals surface area contributed by atoms with Crippen molar-refractivity contribution in [1.82, 2.24) is 10.1 Å². The fraction of sp³-hybridized carbons (Fsp3) is 0.400. The number of hydrogen-bond acceptors (Lipinski definition) is 4. The lowest BCUT2D eigenvalue weighted by Crippen LogP contribution is -2.33. The van der Waals surface area contributed by atoms with Crippen LogP contribution in [0.4, 0.5) is 0 Å². The van der Waals surface area contributed by atoms with Crippen molar-refractivity contribution >= 4 is 0 Å². The molecule has 4 heteroatoms. The first kappa shape index (κ1) is 12.4. The molecule has 0 saturated heterocycles. The average molecular weight is 258 g/mol. The van der Waals surface area contributed by atoms with E-state index in [-0.39, 0.29) is 0 Å². The van der Waals surface area contributed by atoms with E-state index in [1.807, 2.05) is 32.0 Å². The van der Waals surface area contributed by atoms with Crippen LogP contribution in [0.5, 0.6) is 0 Å². The lowest BCUT2D eigenvalue weighted by atomic mass is 9.97. The summed E-state index contributed by atoms with van der Waals surface area (Å²) in [6.45, 7) is 6.18. The van der Waals surface area contributed by atoms with Gasteiger partial charge >= 0.3 is 0 Å². The minimum atomic E-state index is -0.412. The Labute approximate surface area is 112 Å². The summed E-state index contributed by atoms with van der Waals surface area (Å²) in [6.07, 6.45) is -0.412. The Bertz CT molecular complexity index is 572. The third-order valence-corrected chi connectivity index (χ3v) is 3.80. The first-order chi connectivity index (χ1) is 9.15. The van der Waals surface area contributed by atoms with E-state index in [4.69, 9.17) is 4.52 Å². The zero-order valence-electron chi connectivity index (χ0n) is 11.3. The molecule has 2 aromatic rings. The van der Waals surface area contributed by atoms with Crippen LogP contribution in [0.2, 0.25) is 0 Å². The van der Waals surface area contributed by atoms with E-state index in [0.717, 1.165) is 35.7 Å². The molecule has 4 nitrogen and oxygen atoms in total. The monoisotopic (exact) mass is 258 g/mol. The van der Waals surface area contributed by atoms with Gasteiger partial charge in [-0.25, -0.2) is 0 Å². The van der Waals surface area contributed by atoms with Gasteiger partial charge in [0.15, 0.2) is 0 Å². The van der Waals surface area contributed by atoms with Crippen LogP contribution in [0, 0.1) is 13.8 Å².